The topological polar surface area (TPSA) is 41.6 Å². The molecule has 0 aliphatic carbocycles. The molecule has 2 aromatic carbocycles. The van der Waals surface area contributed by atoms with Gasteiger partial charge in [-0.1, -0.05) is 37.6 Å². The van der Waals surface area contributed by atoms with Crippen LogP contribution in [0.3, 0.4) is 0 Å². The van der Waals surface area contributed by atoms with Gasteiger partial charge in [0.25, 0.3) is 5.91 Å². The molecule has 25 heavy (non-hydrogen) atoms. The molecular formula is C20H25ClN2O2. The van der Waals surface area contributed by atoms with Gasteiger partial charge in [-0.25, -0.2) is 0 Å². The van der Waals surface area contributed by atoms with Gasteiger partial charge in [0.15, 0.2) is 0 Å². The van der Waals surface area contributed by atoms with Gasteiger partial charge in [-0.15, -0.1) is 0 Å². The van der Waals surface area contributed by atoms with E-state index in [0.717, 1.165) is 24.4 Å². The molecule has 0 aromatic heterocycles. The molecule has 0 saturated carbocycles. The first kappa shape index (κ1) is 19.3. The predicted molar refractivity (Wildman–Crippen MR) is 102 cm³/mol. The van der Waals surface area contributed by atoms with Crippen LogP contribution in [-0.4, -0.2) is 37.6 Å². The molecule has 0 fully saturated rings. The molecule has 0 spiro atoms. The Bertz CT molecular complexity index is 684. The standard InChI is InChI=1S/C20H25ClN2O2/c1-4-23(5-2)19(16-7-6-8-18(13-16)25-3)14-22-20(24)15-9-11-17(21)12-10-15/h6-13,19H,4-5,14H2,1-3H3,(H,22,24). The summed E-state index contributed by atoms with van der Waals surface area (Å²) in [4.78, 5) is 14.7. The number of amides is 1. The number of nitrogens with one attached hydrogen (secondary N) is 1. The van der Waals surface area contributed by atoms with Crippen molar-refractivity contribution in [3.8, 4) is 5.75 Å². The van der Waals surface area contributed by atoms with E-state index in [0.29, 0.717) is 17.1 Å². The summed E-state index contributed by atoms with van der Waals surface area (Å²) in [6.45, 7) is 6.57. The van der Waals surface area contributed by atoms with Crippen LogP contribution >= 0.6 is 11.6 Å². The van der Waals surface area contributed by atoms with E-state index in [4.69, 9.17) is 16.3 Å². The lowest BCUT2D eigenvalue weighted by Crippen LogP contribution is -2.38. The molecule has 2 aromatic rings. The number of hydrogen-bond acceptors (Lipinski definition) is 3. The Kier molecular flexibility index (Phi) is 7.29. The summed E-state index contributed by atoms with van der Waals surface area (Å²) in [6.07, 6.45) is 0. The number of carbonyl (C=O) groups excluding carboxylic acids is 1. The monoisotopic (exact) mass is 360 g/mol. The minimum Gasteiger partial charge on any atom is -0.497 e. The van der Waals surface area contributed by atoms with Gasteiger partial charge in [0, 0.05) is 17.1 Å². The van der Waals surface area contributed by atoms with E-state index in [1.165, 1.54) is 0 Å². The molecule has 134 valence electrons. The van der Waals surface area contributed by atoms with Crippen LogP contribution in [-0.2, 0) is 0 Å². The predicted octanol–water partition coefficient (Wildman–Crippen LogP) is 4.16. The maximum absolute atomic E-state index is 12.4. The highest BCUT2D eigenvalue weighted by atomic mass is 35.5. The molecule has 1 atom stereocenters. The van der Waals surface area contributed by atoms with Crippen LogP contribution in [0.1, 0.15) is 35.8 Å². The average Bonchev–Trinajstić information content (AvgIpc) is 2.65. The van der Waals surface area contributed by atoms with E-state index in [2.05, 4.69) is 30.1 Å². The molecule has 0 aliphatic rings. The third kappa shape index (κ3) is 5.21. The lowest BCUT2D eigenvalue weighted by molar-refractivity contribution is 0.0935. The number of carbonyl (C=O) groups is 1. The lowest BCUT2D eigenvalue weighted by atomic mass is 10.0. The summed E-state index contributed by atoms with van der Waals surface area (Å²) in [5.74, 6) is 0.718. The highest BCUT2D eigenvalue weighted by molar-refractivity contribution is 6.30. The maximum Gasteiger partial charge on any atom is 0.251 e. The van der Waals surface area contributed by atoms with E-state index in [9.17, 15) is 4.79 Å². The molecule has 5 heteroatoms. The van der Waals surface area contributed by atoms with Crippen molar-refractivity contribution in [2.45, 2.75) is 19.9 Å². The van der Waals surface area contributed by atoms with Crippen molar-refractivity contribution in [3.63, 3.8) is 0 Å². The van der Waals surface area contributed by atoms with Crippen molar-refractivity contribution >= 4 is 17.5 Å². The van der Waals surface area contributed by atoms with Crippen LogP contribution in [0.15, 0.2) is 48.5 Å². The number of methoxy groups -OCH3 is 1. The summed E-state index contributed by atoms with van der Waals surface area (Å²) in [7, 11) is 1.66. The molecule has 0 radical (unpaired) electrons. The highest BCUT2D eigenvalue weighted by Gasteiger charge is 2.19. The average molecular weight is 361 g/mol. The molecule has 4 nitrogen and oxygen atoms in total. The SMILES string of the molecule is CCN(CC)C(CNC(=O)c1ccc(Cl)cc1)c1cccc(OC)c1. The molecule has 0 aliphatic heterocycles. The molecular weight excluding hydrogens is 336 g/mol. The summed E-state index contributed by atoms with van der Waals surface area (Å²) in [5, 5.41) is 3.66. The lowest BCUT2D eigenvalue weighted by Gasteiger charge is -2.30. The van der Waals surface area contributed by atoms with Gasteiger partial charge < -0.3 is 10.1 Å². The molecule has 0 saturated heterocycles. The fraction of sp³-hybridized carbons (Fsp3) is 0.350. The van der Waals surface area contributed by atoms with Crippen LogP contribution in [0.4, 0.5) is 0 Å². The Labute approximate surface area is 154 Å². The van der Waals surface area contributed by atoms with E-state index in [1.54, 1.807) is 31.4 Å². The van der Waals surface area contributed by atoms with Crippen molar-refractivity contribution in [3.05, 3.63) is 64.7 Å². The summed E-state index contributed by atoms with van der Waals surface area (Å²) < 4.78 is 5.34. The Morgan fingerprint density at radius 3 is 2.44 bits per heavy atom. The minimum atomic E-state index is -0.100. The van der Waals surface area contributed by atoms with E-state index in [-0.39, 0.29) is 11.9 Å². The van der Waals surface area contributed by atoms with Gasteiger partial charge in [0.2, 0.25) is 0 Å². The smallest absolute Gasteiger partial charge is 0.251 e. The third-order valence-corrected chi connectivity index (χ3v) is 4.55. The Morgan fingerprint density at radius 1 is 1.16 bits per heavy atom. The summed E-state index contributed by atoms with van der Waals surface area (Å²) in [5.41, 5.74) is 1.73. The molecule has 0 bridgehead atoms. The zero-order valence-electron chi connectivity index (χ0n) is 15.0. The highest BCUT2D eigenvalue weighted by Crippen LogP contribution is 2.24. The van der Waals surface area contributed by atoms with E-state index >= 15 is 0 Å². The van der Waals surface area contributed by atoms with Crippen molar-refractivity contribution in [2.75, 3.05) is 26.7 Å². The summed E-state index contributed by atoms with van der Waals surface area (Å²) in [6, 6.07) is 15.0. The van der Waals surface area contributed by atoms with Crippen LogP contribution in [0.25, 0.3) is 0 Å². The molecule has 1 unspecified atom stereocenters. The summed E-state index contributed by atoms with van der Waals surface area (Å²) >= 11 is 5.88. The van der Waals surface area contributed by atoms with Crippen molar-refractivity contribution < 1.29 is 9.53 Å². The Balaban J connectivity index is 2.15. The molecule has 1 amide bonds. The van der Waals surface area contributed by atoms with E-state index in [1.807, 2.05) is 18.2 Å². The number of likely N-dealkylation sites (N-methyl/N-ethyl adjacent to an activating group) is 1. The van der Waals surface area contributed by atoms with Gasteiger partial charge in [-0.2, -0.15) is 0 Å². The number of halogens is 1. The van der Waals surface area contributed by atoms with Gasteiger partial charge >= 0.3 is 0 Å². The molecule has 1 N–H and O–H groups in total. The second-order valence-corrected chi connectivity index (χ2v) is 6.17. The van der Waals surface area contributed by atoms with Gasteiger partial charge in [-0.05, 0) is 55.1 Å². The number of hydrogen-bond donors (Lipinski definition) is 1. The van der Waals surface area contributed by atoms with Crippen LogP contribution in [0.5, 0.6) is 5.75 Å². The van der Waals surface area contributed by atoms with E-state index < -0.39 is 0 Å². The fourth-order valence-electron chi connectivity index (χ4n) is 2.86. The van der Waals surface area contributed by atoms with Crippen LogP contribution < -0.4 is 10.1 Å². The first-order valence-electron chi connectivity index (χ1n) is 8.50. The van der Waals surface area contributed by atoms with Gasteiger partial charge in [-0.3, -0.25) is 9.69 Å². The second kappa shape index (κ2) is 9.44. The zero-order chi connectivity index (χ0) is 18.2. The minimum absolute atomic E-state index is 0.0846. The van der Waals surface area contributed by atoms with Crippen molar-refractivity contribution in [2.24, 2.45) is 0 Å². The fourth-order valence-corrected chi connectivity index (χ4v) is 2.99. The normalized spacial score (nSPS) is 12.0. The number of benzene rings is 2. The Morgan fingerprint density at radius 2 is 1.84 bits per heavy atom. The largest absolute Gasteiger partial charge is 0.497 e. The second-order valence-electron chi connectivity index (χ2n) is 5.73. The zero-order valence-corrected chi connectivity index (χ0v) is 15.7. The van der Waals surface area contributed by atoms with Gasteiger partial charge in [0.05, 0.1) is 13.2 Å². The Hall–Kier alpha value is -2.04. The molecule has 0 heterocycles. The van der Waals surface area contributed by atoms with Crippen molar-refractivity contribution in [1.82, 2.24) is 10.2 Å². The number of rotatable bonds is 8. The molecule has 2 rings (SSSR count). The first-order valence-corrected chi connectivity index (χ1v) is 8.88. The third-order valence-electron chi connectivity index (χ3n) is 4.29. The first-order chi connectivity index (χ1) is 12.1. The van der Waals surface area contributed by atoms with Crippen LogP contribution in [0.2, 0.25) is 5.02 Å². The maximum atomic E-state index is 12.4. The van der Waals surface area contributed by atoms with Crippen molar-refractivity contribution in [1.29, 1.82) is 0 Å². The van der Waals surface area contributed by atoms with Crippen LogP contribution in [0, 0.1) is 0 Å². The number of nitrogens with zero attached hydrogens (tertiary/aromatic N) is 1. The quantitative estimate of drug-likeness (QED) is 0.768. The van der Waals surface area contributed by atoms with Gasteiger partial charge in [0.1, 0.15) is 5.75 Å². The number of ether oxygens (including phenoxy) is 1.